The topological polar surface area (TPSA) is 25.8 Å². The molecule has 48 valence electrons. The maximum absolute atomic E-state index is 4.99. The van der Waals surface area contributed by atoms with Gasteiger partial charge in [-0.15, -0.1) is 0 Å². The lowest BCUT2D eigenvalue weighted by atomic mass is 10.2. The van der Waals surface area contributed by atoms with Crippen molar-refractivity contribution in [3.8, 4) is 0 Å². The van der Waals surface area contributed by atoms with Crippen LogP contribution < -0.4 is 5.32 Å². The third kappa shape index (κ3) is 1.46. The van der Waals surface area contributed by atoms with E-state index in [4.69, 9.17) is 4.74 Å². The average molecular weight is 116 g/mol. The van der Waals surface area contributed by atoms with Crippen LogP contribution in [0, 0.1) is 0 Å². The smallest absolute Gasteiger partial charge is 0.110 e. The van der Waals surface area contributed by atoms with Crippen molar-refractivity contribution in [3.63, 3.8) is 0 Å². The largest absolute Gasteiger partial charge is 0.379 e. The fourth-order valence-electron chi connectivity index (χ4n) is 1.22. The second-order valence-corrected chi connectivity index (χ2v) is 2.38. The Kier molecular flexibility index (Phi) is 2.30. The summed E-state index contributed by atoms with van der Waals surface area (Å²) in [4.78, 5) is 0. The van der Waals surface area contributed by atoms with Gasteiger partial charge in [-0.05, 0) is 0 Å². The molecule has 0 amide bonds. The molecule has 1 aliphatic heterocycles. The van der Waals surface area contributed by atoms with Gasteiger partial charge in [-0.3, -0.25) is 0 Å². The molecule has 1 aliphatic rings. The monoisotopic (exact) mass is 116 g/mol. The van der Waals surface area contributed by atoms with Crippen LogP contribution in [0.15, 0.2) is 0 Å². The van der Waals surface area contributed by atoms with E-state index in [1.54, 1.807) is 7.11 Å². The Hall–Kier alpha value is -0.0800. The van der Waals surface area contributed by atoms with Crippen LogP contribution in [0.4, 0.5) is 0 Å². The number of nitrogens with two attached hydrogens (primary N) is 1. The second-order valence-electron chi connectivity index (χ2n) is 2.38. The molecule has 0 bridgehead atoms. The maximum Gasteiger partial charge on any atom is 0.110 e. The summed E-state index contributed by atoms with van der Waals surface area (Å²) in [5, 5.41) is 2.36. The van der Waals surface area contributed by atoms with Crippen molar-refractivity contribution < 1.29 is 10.1 Å². The lowest BCUT2D eigenvalue weighted by Crippen LogP contribution is -2.87. The molecule has 0 spiro atoms. The van der Waals surface area contributed by atoms with Gasteiger partial charge in [0.2, 0.25) is 0 Å². The van der Waals surface area contributed by atoms with Gasteiger partial charge in [0.15, 0.2) is 0 Å². The quantitative estimate of drug-likeness (QED) is 0.510. The van der Waals surface area contributed by atoms with Crippen molar-refractivity contribution in [1.82, 2.24) is 0 Å². The molecule has 8 heavy (non-hydrogen) atoms. The molecule has 2 heteroatoms. The maximum atomic E-state index is 4.99. The first-order chi connectivity index (χ1) is 3.93. The molecule has 0 unspecified atom stereocenters. The van der Waals surface area contributed by atoms with E-state index in [2.05, 4.69) is 5.32 Å². The Labute approximate surface area is 50.2 Å². The van der Waals surface area contributed by atoms with E-state index in [1.807, 2.05) is 0 Å². The summed E-state index contributed by atoms with van der Waals surface area (Å²) >= 11 is 0. The number of quaternary nitrogens is 1. The van der Waals surface area contributed by atoms with E-state index in [0.29, 0.717) is 0 Å². The number of ether oxygens (including phenoxy) is 1. The van der Waals surface area contributed by atoms with Crippen molar-refractivity contribution >= 4 is 0 Å². The summed E-state index contributed by atoms with van der Waals surface area (Å²) in [5.74, 6) is 0. The van der Waals surface area contributed by atoms with Crippen LogP contribution in [0.25, 0.3) is 0 Å². The molecule has 0 aromatic carbocycles. The molecule has 2 nitrogen and oxygen atoms in total. The molecular formula is C6H14NO+. The van der Waals surface area contributed by atoms with Gasteiger partial charge in [0.05, 0.1) is 13.2 Å². The minimum absolute atomic E-state index is 0.764. The van der Waals surface area contributed by atoms with Crippen LogP contribution in [0.3, 0.4) is 0 Å². The summed E-state index contributed by atoms with van der Waals surface area (Å²) in [6.45, 7) is 2.23. The number of hydrogen-bond donors (Lipinski definition) is 1. The Balaban J connectivity index is 2.06. The number of rotatable bonds is 2. The Morgan fingerprint density at radius 2 is 2.62 bits per heavy atom. The van der Waals surface area contributed by atoms with Crippen LogP contribution in [0.2, 0.25) is 0 Å². The molecule has 1 rings (SSSR count). The highest BCUT2D eigenvalue weighted by molar-refractivity contribution is 4.56. The summed E-state index contributed by atoms with van der Waals surface area (Å²) in [6.07, 6.45) is 2.71. The van der Waals surface area contributed by atoms with E-state index in [1.165, 1.54) is 19.4 Å². The van der Waals surface area contributed by atoms with Gasteiger partial charge < -0.3 is 10.1 Å². The fourth-order valence-corrected chi connectivity index (χ4v) is 1.22. The Bertz CT molecular complexity index is 59.5. The van der Waals surface area contributed by atoms with Gasteiger partial charge in [-0.1, -0.05) is 0 Å². The van der Waals surface area contributed by atoms with E-state index < -0.39 is 0 Å². The predicted molar refractivity (Wildman–Crippen MR) is 31.7 cm³/mol. The highest BCUT2D eigenvalue weighted by Gasteiger charge is 2.16. The van der Waals surface area contributed by atoms with Gasteiger partial charge in [-0.2, -0.15) is 0 Å². The number of hydrogen-bond acceptors (Lipinski definition) is 1. The average Bonchev–Trinajstić information content (AvgIpc) is 2.19. The lowest BCUT2D eigenvalue weighted by Gasteiger charge is -2.02. The molecule has 0 saturated carbocycles. The SMILES string of the molecule is COC[C@H]1CCC[NH2+]1. The van der Waals surface area contributed by atoms with Crippen molar-refractivity contribution in [2.75, 3.05) is 20.3 Å². The highest BCUT2D eigenvalue weighted by atomic mass is 16.5. The summed E-state index contributed by atoms with van der Waals surface area (Å²) in [7, 11) is 1.77. The molecule has 2 N–H and O–H groups in total. The van der Waals surface area contributed by atoms with Crippen LogP contribution in [-0.4, -0.2) is 26.3 Å². The Morgan fingerprint density at radius 3 is 3.12 bits per heavy atom. The summed E-state index contributed by atoms with van der Waals surface area (Å²) in [6, 6.07) is 0.764. The molecule has 0 radical (unpaired) electrons. The van der Waals surface area contributed by atoms with Crippen molar-refractivity contribution in [3.05, 3.63) is 0 Å². The van der Waals surface area contributed by atoms with E-state index in [9.17, 15) is 0 Å². The van der Waals surface area contributed by atoms with Gasteiger partial charge in [0, 0.05) is 20.0 Å². The standard InChI is InChI=1S/C6H13NO/c1-8-5-6-3-2-4-7-6/h6-7H,2-5H2,1H3/p+1/t6-/m1/s1. The molecule has 1 saturated heterocycles. The van der Waals surface area contributed by atoms with E-state index in [0.717, 1.165) is 12.6 Å². The first kappa shape index (κ1) is 6.05. The third-order valence-corrected chi connectivity index (χ3v) is 1.66. The first-order valence-electron chi connectivity index (χ1n) is 3.26. The first-order valence-corrected chi connectivity index (χ1v) is 3.26. The van der Waals surface area contributed by atoms with E-state index in [-0.39, 0.29) is 0 Å². The zero-order chi connectivity index (χ0) is 5.82. The fraction of sp³-hybridized carbons (Fsp3) is 1.00. The Morgan fingerprint density at radius 1 is 1.75 bits per heavy atom. The minimum atomic E-state index is 0.764. The second kappa shape index (κ2) is 3.05. The zero-order valence-electron chi connectivity index (χ0n) is 5.39. The normalized spacial score (nSPS) is 28.9. The lowest BCUT2D eigenvalue weighted by molar-refractivity contribution is -0.671. The number of methoxy groups -OCH3 is 1. The van der Waals surface area contributed by atoms with Gasteiger partial charge in [0.25, 0.3) is 0 Å². The van der Waals surface area contributed by atoms with Crippen LogP contribution in [0.1, 0.15) is 12.8 Å². The van der Waals surface area contributed by atoms with Crippen molar-refractivity contribution in [2.24, 2.45) is 0 Å². The van der Waals surface area contributed by atoms with E-state index >= 15 is 0 Å². The third-order valence-electron chi connectivity index (χ3n) is 1.66. The van der Waals surface area contributed by atoms with Crippen LogP contribution >= 0.6 is 0 Å². The molecule has 1 heterocycles. The molecular weight excluding hydrogens is 102 g/mol. The highest BCUT2D eigenvalue weighted by Crippen LogP contribution is 1.96. The van der Waals surface area contributed by atoms with Crippen molar-refractivity contribution in [2.45, 2.75) is 18.9 Å². The molecule has 1 fully saturated rings. The molecule has 0 aromatic heterocycles. The van der Waals surface area contributed by atoms with Crippen LogP contribution in [-0.2, 0) is 4.74 Å². The van der Waals surface area contributed by atoms with Crippen LogP contribution in [0.5, 0.6) is 0 Å². The van der Waals surface area contributed by atoms with Gasteiger partial charge in [0.1, 0.15) is 6.04 Å². The summed E-state index contributed by atoms with van der Waals surface area (Å²) in [5.41, 5.74) is 0. The minimum Gasteiger partial charge on any atom is -0.379 e. The molecule has 0 aromatic rings. The molecule has 0 aliphatic carbocycles. The molecule has 1 atom stereocenters. The van der Waals surface area contributed by atoms with Gasteiger partial charge in [-0.25, -0.2) is 0 Å². The van der Waals surface area contributed by atoms with Gasteiger partial charge >= 0.3 is 0 Å². The summed E-state index contributed by atoms with van der Waals surface area (Å²) < 4.78 is 4.99. The van der Waals surface area contributed by atoms with Crippen molar-refractivity contribution in [1.29, 1.82) is 0 Å². The predicted octanol–water partition coefficient (Wildman–Crippen LogP) is -0.641. The zero-order valence-corrected chi connectivity index (χ0v) is 5.39.